The van der Waals surface area contributed by atoms with E-state index >= 15 is 0 Å². The summed E-state index contributed by atoms with van der Waals surface area (Å²) in [6.45, 7) is 3.77. The fraction of sp³-hybridized carbons (Fsp3) is 0.286. The normalized spacial score (nSPS) is 22.8. The molecule has 1 aliphatic heterocycles. The Morgan fingerprint density at radius 3 is 2.79 bits per heavy atom. The number of esters is 1. The molecule has 4 nitrogen and oxygen atoms in total. The van der Waals surface area contributed by atoms with Gasteiger partial charge in [0.15, 0.2) is 0 Å². The van der Waals surface area contributed by atoms with Gasteiger partial charge in [0.1, 0.15) is 5.92 Å². The zero-order valence-corrected chi connectivity index (χ0v) is 12.1. The smallest absolute Gasteiger partial charge is 0.315 e. The van der Waals surface area contributed by atoms with E-state index in [2.05, 4.69) is 27.8 Å². The number of hydrogen-bond donors (Lipinski definition) is 1. The summed E-state index contributed by atoms with van der Waals surface area (Å²) in [6, 6.07) is 7.55. The van der Waals surface area contributed by atoms with E-state index in [1.165, 1.54) is 7.11 Å². The van der Waals surface area contributed by atoms with E-state index in [4.69, 9.17) is 4.74 Å². The predicted octanol–water partition coefficient (Wildman–Crippen LogP) is 2.36. The molecule has 19 heavy (non-hydrogen) atoms. The minimum atomic E-state index is -0.554. The number of amides is 1. The number of nitrogens with one attached hydrogen (secondary N) is 1. The highest BCUT2D eigenvalue weighted by molar-refractivity contribution is 9.10. The summed E-state index contributed by atoms with van der Waals surface area (Å²) >= 11 is 3.46. The number of carbonyl (C=O) groups excluding carboxylic acids is 2. The Morgan fingerprint density at radius 2 is 2.16 bits per heavy atom. The number of ether oxygens (including phenoxy) is 1. The average Bonchev–Trinajstić information content (AvgIpc) is 2.37. The van der Waals surface area contributed by atoms with Crippen LogP contribution in [0.5, 0.6) is 0 Å². The van der Waals surface area contributed by atoms with Gasteiger partial charge >= 0.3 is 5.97 Å². The summed E-state index contributed by atoms with van der Waals surface area (Å²) in [7, 11) is 1.34. The van der Waals surface area contributed by atoms with E-state index in [0.717, 1.165) is 10.0 Å². The minimum absolute atomic E-state index is 0.133. The second kappa shape index (κ2) is 5.57. The SMILES string of the molecule is C=C1NC(=O)CC(c2ccccc2Br)C1C(=O)OC. The van der Waals surface area contributed by atoms with Crippen LogP contribution >= 0.6 is 15.9 Å². The van der Waals surface area contributed by atoms with E-state index in [0.29, 0.717) is 5.70 Å². The van der Waals surface area contributed by atoms with Gasteiger partial charge in [-0.3, -0.25) is 9.59 Å². The second-order valence-electron chi connectivity index (χ2n) is 4.41. The van der Waals surface area contributed by atoms with Crippen LogP contribution in [0.2, 0.25) is 0 Å². The Kier molecular flexibility index (Phi) is 4.04. The van der Waals surface area contributed by atoms with Gasteiger partial charge in [0.2, 0.25) is 5.91 Å². The fourth-order valence-electron chi connectivity index (χ4n) is 2.37. The molecule has 1 N–H and O–H groups in total. The molecule has 2 unspecified atom stereocenters. The molecule has 1 aliphatic rings. The third-order valence-corrected chi connectivity index (χ3v) is 3.97. The summed E-state index contributed by atoms with van der Waals surface area (Å²) in [5.74, 6) is -1.33. The number of piperidine rings is 1. The zero-order valence-electron chi connectivity index (χ0n) is 10.5. The number of benzene rings is 1. The highest BCUT2D eigenvalue weighted by atomic mass is 79.9. The zero-order chi connectivity index (χ0) is 14.0. The number of halogens is 1. The van der Waals surface area contributed by atoms with Crippen LogP contribution in [0.3, 0.4) is 0 Å². The monoisotopic (exact) mass is 323 g/mol. The van der Waals surface area contributed by atoms with Gasteiger partial charge in [-0.2, -0.15) is 0 Å². The van der Waals surface area contributed by atoms with Crippen LogP contribution < -0.4 is 5.32 Å². The molecule has 1 heterocycles. The molecule has 1 aromatic carbocycles. The molecule has 0 radical (unpaired) electrons. The fourth-order valence-corrected chi connectivity index (χ4v) is 2.95. The van der Waals surface area contributed by atoms with Crippen LogP contribution in [-0.2, 0) is 14.3 Å². The molecule has 0 bridgehead atoms. The van der Waals surface area contributed by atoms with E-state index in [1.807, 2.05) is 24.3 Å². The first-order valence-corrected chi connectivity index (χ1v) is 6.64. The quantitative estimate of drug-likeness (QED) is 0.850. The minimum Gasteiger partial charge on any atom is -0.468 e. The molecule has 0 saturated carbocycles. The van der Waals surface area contributed by atoms with Crippen molar-refractivity contribution in [2.24, 2.45) is 5.92 Å². The van der Waals surface area contributed by atoms with E-state index < -0.39 is 5.92 Å². The lowest BCUT2D eigenvalue weighted by atomic mass is 9.79. The number of rotatable bonds is 2. The molecule has 100 valence electrons. The Morgan fingerprint density at radius 1 is 1.47 bits per heavy atom. The lowest BCUT2D eigenvalue weighted by Gasteiger charge is -2.32. The molecule has 1 saturated heterocycles. The van der Waals surface area contributed by atoms with Gasteiger partial charge in [0, 0.05) is 22.5 Å². The first-order chi connectivity index (χ1) is 9.04. The van der Waals surface area contributed by atoms with Crippen molar-refractivity contribution in [3.8, 4) is 0 Å². The first kappa shape index (κ1) is 13.8. The maximum atomic E-state index is 11.9. The Balaban J connectivity index is 2.44. The van der Waals surface area contributed by atoms with E-state index in [9.17, 15) is 9.59 Å². The van der Waals surface area contributed by atoms with Gasteiger partial charge in [-0.25, -0.2) is 0 Å². The average molecular weight is 324 g/mol. The summed E-state index contributed by atoms with van der Waals surface area (Å²) < 4.78 is 5.69. The lowest BCUT2D eigenvalue weighted by molar-refractivity contribution is -0.146. The molecule has 2 rings (SSSR count). The van der Waals surface area contributed by atoms with Gasteiger partial charge in [0.05, 0.1) is 7.11 Å². The lowest BCUT2D eigenvalue weighted by Crippen LogP contribution is -2.41. The highest BCUT2D eigenvalue weighted by Gasteiger charge is 2.39. The standard InChI is InChI=1S/C14H14BrNO3/c1-8-13(14(18)19-2)10(7-12(17)16-8)9-5-3-4-6-11(9)15/h3-6,10,13H,1,7H2,2H3,(H,16,17). The number of methoxy groups -OCH3 is 1. The summed E-state index contributed by atoms with van der Waals surface area (Å²) in [5, 5.41) is 2.61. The van der Waals surface area contributed by atoms with Gasteiger partial charge in [-0.15, -0.1) is 0 Å². The van der Waals surface area contributed by atoms with Gasteiger partial charge in [-0.05, 0) is 11.6 Å². The van der Waals surface area contributed by atoms with E-state index in [1.54, 1.807) is 0 Å². The summed E-state index contributed by atoms with van der Waals surface area (Å²) in [4.78, 5) is 23.6. The molecule has 5 heteroatoms. The van der Waals surface area contributed by atoms with Crippen LogP contribution in [0.1, 0.15) is 17.9 Å². The molecular formula is C14H14BrNO3. The second-order valence-corrected chi connectivity index (χ2v) is 5.26. The van der Waals surface area contributed by atoms with Crippen molar-refractivity contribution in [3.63, 3.8) is 0 Å². The van der Waals surface area contributed by atoms with Crippen molar-refractivity contribution in [2.45, 2.75) is 12.3 Å². The van der Waals surface area contributed by atoms with Crippen LogP contribution in [0.15, 0.2) is 41.0 Å². The molecule has 2 atom stereocenters. The molecule has 0 aliphatic carbocycles. The van der Waals surface area contributed by atoms with E-state index in [-0.39, 0.29) is 24.2 Å². The Bertz CT molecular complexity index is 541. The molecular weight excluding hydrogens is 310 g/mol. The summed E-state index contributed by atoms with van der Waals surface area (Å²) in [5.41, 5.74) is 1.30. The third-order valence-electron chi connectivity index (χ3n) is 3.24. The molecule has 1 aromatic rings. The molecule has 0 aromatic heterocycles. The topological polar surface area (TPSA) is 55.4 Å². The largest absolute Gasteiger partial charge is 0.468 e. The molecule has 0 spiro atoms. The van der Waals surface area contributed by atoms with Crippen molar-refractivity contribution in [3.05, 3.63) is 46.6 Å². The van der Waals surface area contributed by atoms with Crippen molar-refractivity contribution in [1.82, 2.24) is 5.32 Å². The van der Waals surface area contributed by atoms with Crippen LogP contribution in [0, 0.1) is 5.92 Å². The van der Waals surface area contributed by atoms with Gasteiger partial charge in [-0.1, -0.05) is 40.7 Å². The van der Waals surface area contributed by atoms with Gasteiger partial charge < -0.3 is 10.1 Å². The molecule has 1 amide bonds. The summed E-state index contributed by atoms with van der Waals surface area (Å²) in [6.07, 6.45) is 0.238. The Labute approximate surface area is 120 Å². The Hall–Kier alpha value is -1.62. The predicted molar refractivity (Wildman–Crippen MR) is 74.3 cm³/mol. The van der Waals surface area contributed by atoms with Crippen molar-refractivity contribution < 1.29 is 14.3 Å². The third kappa shape index (κ3) is 2.71. The number of carbonyl (C=O) groups is 2. The van der Waals surface area contributed by atoms with Crippen molar-refractivity contribution in [1.29, 1.82) is 0 Å². The van der Waals surface area contributed by atoms with Gasteiger partial charge in [0.25, 0.3) is 0 Å². The van der Waals surface area contributed by atoms with Crippen LogP contribution in [0.4, 0.5) is 0 Å². The molecule has 1 fully saturated rings. The highest BCUT2D eigenvalue weighted by Crippen LogP contribution is 2.38. The maximum Gasteiger partial charge on any atom is 0.315 e. The van der Waals surface area contributed by atoms with Crippen molar-refractivity contribution >= 4 is 27.8 Å². The van der Waals surface area contributed by atoms with Crippen LogP contribution in [0.25, 0.3) is 0 Å². The maximum absolute atomic E-state index is 11.9. The van der Waals surface area contributed by atoms with Crippen LogP contribution in [-0.4, -0.2) is 19.0 Å². The van der Waals surface area contributed by atoms with Crippen molar-refractivity contribution in [2.75, 3.05) is 7.11 Å². The number of hydrogen-bond acceptors (Lipinski definition) is 3. The first-order valence-electron chi connectivity index (χ1n) is 5.85.